The van der Waals surface area contributed by atoms with Gasteiger partial charge >= 0.3 is 11.8 Å². The molecule has 1 aliphatic rings. The summed E-state index contributed by atoms with van der Waals surface area (Å²) < 4.78 is 0.943. The summed E-state index contributed by atoms with van der Waals surface area (Å²) in [5.74, 6) is -1.15. The standard InChI is InChI=1S/C14H17BrN2O2/c1-9-8-10(15)6-7-12(9)17-14(19)13(18)16-11-4-2-3-5-11/h6-8,11H,2-5H2,1H3,(H,16,18)(H,17,19). The fraction of sp³-hybridized carbons (Fsp3) is 0.429. The van der Waals surface area contributed by atoms with Crippen molar-refractivity contribution in [3.05, 3.63) is 28.2 Å². The molecule has 0 spiro atoms. The van der Waals surface area contributed by atoms with Crippen molar-refractivity contribution in [3.8, 4) is 0 Å². The number of benzene rings is 1. The Hall–Kier alpha value is -1.36. The Morgan fingerprint density at radius 1 is 1.21 bits per heavy atom. The first-order chi connectivity index (χ1) is 9.06. The van der Waals surface area contributed by atoms with E-state index in [4.69, 9.17) is 0 Å². The molecule has 1 aromatic rings. The van der Waals surface area contributed by atoms with E-state index in [-0.39, 0.29) is 6.04 Å². The third-order valence-electron chi connectivity index (χ3n) is 3.33. The van der Waals surface area contributed by atoms with Gasteiger partial charge in [0.2, 0.25) is 0 Å². The third kappa shape index (κ3) is 3.80. The van der Waals surface area contributed by atoms with Gasteiger partial charge in [0.05, 0.1) is 0 Å². The lowest BCUT2D eigenvalue weighted by Gasteiger charge is -2.12. The Labute approximate surface area is 121 Å². The first-order valence-electron chi connectivity index (χ1n) is 6.44. The molecule has 0 aliphatic heterocycles. The van der Waals surface area contributed by atoms with Gasteiger partial charge < -0.3 is 10.6 Å². The van der Waals surface area contributed by atoms with Gasteiger partial charge in [-0.25, -0.2) is 0 Å². The molecule has 0 bridgehead atoms. The maximum Gasteiger partial charge on any atom is 0.313 e. The first kappa shape index (κ1) is 14.1. The molecule has 4 nitrogen and oxygen atoms in total. The highest BCUT2D eigenvalue weighted by atomic mass is 79.9. The van der Waals surface area contributed by atoms with Gasteiger partial charge in [-0.15, -0.1) is 0 Å². The van der Waals surface area contributed by atoms with Crippen LogP contribution in [0.2, 0.25) is 0 Å². The van der Waals surface area contributed by atoms with Crippen molar-refractivity contribution >= 4 is 33.4 Å². The molecular weight excluding hydrogens is 308 g/mol. The van der Waals surface area contributed by atoms with Crippen molar-refractivity contribution in [1.29, 1.82) is 0 Å². The summed E-state index contributed by atoms with van der Waals surface area (Å²) in [7, 11) is 0. The van der Waals surface area contributed by atoms with E-state index in [1.807, 2.05) is 19.1 Å². The second-order valence-electron chi connectivity index (χ2n) is 4.87. The Balaban J connectivity index is 1.94. The molecule has 19 heavy (non-hydrogen) atoms. The molecule has 1 aromatic carbocycles. The van der Waals surface area contributed by atoms with E-state index in [0.29, 0.717) is 5.69 Å². The summed E-state index contributed by atoms with van der Waals surface area (Å²) >= 11 is 3.36. The minimum atomic E-state index is -0.600. The zero-order valence-corrected chi connectivity index (χ0v) is 12.4. The molecule has 102 valence electrons. The number of carbonyl (C=O) groups excluding carboxylic acids is 2. The molecule has 2 rings (SSSR count). The SMILES string of the molecule is Cc1cc(Br)ccc1NC(=O)C(=O)NC1CCCC1. The number of carbonyl (C=O) groups is 2. The van der Waals surface area contributed by atoms with Crippen LogP contribution < -0.4 is 10.6 Å². The molecule has 1 aliphatic carbocycles. The maximum absolute atomic E-state index is 11.8. The van der Waals surface area contributed by atoms with Crippen LogP contribution in [-0.4, -0.2) is 17.9 Å². The third-order valence-corrected chi connectivity index (χ3v) is 3.83. The molecule has 5 heteroatoms. The van der Waals surface area contributed by atoms with Crippen LogP contribution in [0.5, 0.6) is 0 Å². The van der Waals surface area contributed by atoms with Crippen LogP contribution in [0, 0.1) is 6.92 Å². The Morgan fingerprint density at radius 3 is 2.53 bits per heavy atom. The van der Waals surface area contributed by atoms with Gasteiger partial charge in [-0.2, -0.15) is 0 Å². The summed E-state index contributed by atoms with van der Waals surface area (Å²) in [5, 5.41) is 5.41. The summed E-state index contributed by atoms with van der Waals surface area (Å²) in [6, 6.07) is 5.66. The molecule has 1 fully saturated rings. The van der Waals surface area contributed by atoms with Crippen molar-refractivity contribution in [2.45, 2.75) is 38.6 Å². The summed E-state index contributed by atoms with van der Waals surface area (Å²) in [6.07, 6.45) is 4.18. The van der Waals surface area contributed by atoms with Crippen molar-refractivity contribution in [2.75, 3.05) is 5.32 Å². The fourth-order valence-corrected chi connectivity index (χ4v) is 2.74. The van der Waals surface area contributed by atoms with E-state index in [9.17, 15) is 9.59 Å². The minimum Gasteiger partial charge on any atom is -0.345 e. The molecule has 0 aromatic heterocycles. The summed E-state index contributed by atoms with van der Waals surface area (Å²) in [4.78, 5) is 23.6. The van der Waals surface area contributed by atoms with E-state index in [2.05, 4.69) is 26.6 Å². The van der Waals surface area contributed by atoms with Crippen LogP contribution in [-0.2, 0) is 9.59 Å². The highest BCUT2D eigenvalue weighted by Crippen LogP contribution is 2.20. The predicted octanol–water partition coefficient (Wildman–Crippen LogP) is 2.75. The molecular formula is C14H17BrN2O2. The number of anilines is 1. The molecule has 0 radical (unpaired) electrons. The second-order valence-corrected chi connectivity index (χ2v) is 5.78. The van der Waals surface area contributed by atoms with E-state index in [1.165, 1.54) is 0 Å². The molecule has 0 saturated heterocycles. The number of rotatable bonds is 2. The van der Waals surface area contributed by atoms with Crippen molar-refractivity contribution in [3.63, 3.8) is 0 Å². The van der Waals surface area contributed by atoms with Gasteiger partial charge in [-0.1, -0.05) is 28.8 Å². The lowest BCUT2D eigenvalue weighted by Crippen LogP contribution is -2.40. The molecule has 2 amide bonds. The van der Waals surface area contributed by atoms with Gasteiger partial charge in [0, 0.05) is 16.2 Å². The van der Waals surface area contributed by atoms with Crippen LogP contribution in [0.25, 0.3) is 0 Å². The number of hydrogen-bond donors (Lipinski definition) is 2. The van der Waals surface area contributed by atoms with Crippen LogP contribution in [0.1, 0.15) is 31.2 Å². The average Bonchev–Trinajstić information content (AvgIpc) is 2.85. The van der Waals surface area contributed by atoms with Crippen molar-refractivity contribution in [2.24, 2.45) is 0 Å². The number of aryl methyl sites for hydroxylation is 1. The molecule has 2 N–H and O–H groups in total. The summed E-state index contributed by atoms with van der Waals surface area (Å²) in [5.41, 5.74) is 1.58. The Morgan fingerprint density at radius 2 is 1.89 bits per heavy atom. The maximum atomic E-state index is 11.8. The zero-order valence-electron chi connectivity index (χ0n) is 10.8. The van der Waals surface area contributed by atoms with Crippen LogP contribution in [0.3, 0.4) is 0 Å². The quantitative estimate of drug-likeness (QED) is 0.822. The number of nitrogens with one attached hydrogen (secondary N) is 2. The Kier molecular flexibility index (Phi) is 4.58. The predicted molar refractivity (Wildman–Crippen MR) is 77.9 cm³/mol. The number of halogens is 1. The smallest absolute Gasteiger partial charge is 0.313 e. The highest BCUT2D eigenvalue weighted by Gasteiger charge is 2.21. The van der Waals surface area contributed by atoms with E-state index in [0.717, 1.165) is 35.7 Å². The average molecular weight is 325 g/mol. The van der Waals surface area contributed by atoms with Gasteiger partial charge in [-0.3, -0.25) is 9.59 Å². The lowest BCUT2D eigenvalue weighted by atomic mass is 10.2. The van der Waals surface area contributed by atoms with Crippen LogP contribution >= 0.6 is 15.9 Å². The van der Waals surface area contributed by atoms with Gasteiger partial charge in [-0.05, 0) is 43.5 Å². The van der Waals surface area contributed by atoms with Crippen LogP contribution in [0.15, 0.2) is 22.7 Å². The zero-order chi connectivity index (χ0) is 13.8. The number of amides is 2. The molecule has 1 saturated carbocycles. The molecule has 0 atom stereocenters. The first-order valence-corrected chi connectivity index (χ1v) is 7.23. The lowest BCUT2D eigenvalue weighted by molar-refractivity contribution is -0.136. The topological polar surface area (TPSA) is 58.2 Å². The van der Waals surface area contributed by atoms with Gasteiger partial charge in [0.25, 0.3) is 0 Å². The van der Waals surface area contributed by atoms with E-state index in [1.54, 1.807) is 6.07 Å². The largest absolute Gasteiger partial charge is 0.345 e. The van der Waals surface area contributed by atoms with E-state index >= 15 is 0 Å². The second kappa shape index (κ2) is 6.19. The fourth-order valence-electron chi connectivity index (χ4n) is 2.27. The van der Waals surface area contributed by atoms with Gasteiger partial charge in [0.15, 0.2) is 0 Å². The Bertz CT molecular complexity index is 496. The van der Waals surface area contributed by atoms with Crippen molar-refractivity contribution in [1.82, 2.24) is 5.32 Å². The monoisotopic (exact) mass is 324 g/mol. The van der Waals surface area contributed by atoms with Crippen molar-refractivity contribution < 1.29 is 9.59 Å². The minimum absolute atomic E-state index is 0.157. The summed E-state index contributed by atoms with van der Waals surface area (Å²) in [6.45, 7) is 1.88. The normalized spacial score (nSPS) is 15.3. The van der Waals surface area contributed by atoms with Crippen LogP contribution in [0.4, 0.5) is 5.69 Å². The molecule has 0 heterocycles. The van der Waals surface area contributed by atoms with Gasteiger partial charge in [0.1, 0.15) is 0 Å². The van der Waals surface area contributed by atoms with E-state index < -0.39 is 11.8 Å². The highest BCUT2D eigenvalue weighted by molar-refractivity contribution is 9.10. The molecule has 0 unspecified atom stereocenters. The number of hydrogen-bond acceptors (Lipinski definition) is 2.